The summed E-state index contributed by atoms with van der Waals surface area (Å²) in [7, 11) is -3.31. The summed E-state index contributed by atoms with van der Waals surface area (Å²) in [6, 6.07) is 15.2. The summed E-state index contributed by atoms with van der Waals surface area (Å²) in [5.74, 6) is -1.71. The van der Waals surface area contributed by atoms with E-state index in [-0.39, 0.29) is 18.9 Å². The first kappa shape index (κ1) is 23.6. The fourth-order valence-corrected chi connectivity index (χ4v) is 4.43. The zero-order valence-corrected chi connectivity index (χ0v) is 18.8. The second-order valence-corrected chi connectivity index (χ2v) is 9.77. The molecule has 0 bridgehead atoms. The molecule has 1 aliphatic heterocycles. The van der Waals surface area contributed by atoms with Crippen LogP contribution in [0, 0.1) is 5.92 Å². The third-order valence-corrected chi connectivity index (χ3v) is 6.67. The van der Waals surface area contributed by atoms with Crippen LogP contribution in [0.3, 0.4) is 0 Å². The first-order valence-electron chi connectivity index (χ1n) is 10.3. The van der Waals surface area contributed by atoms with E-state index < -0.39 is 33.9 Å². The largest absolute Gasteiger partial charge is 0.447 e. The summed E-state index contributed by atoms with van der Waals surface area (Å²) in [6.45, 7) is 1.90. The molecule has 0 aliphatic carbocycles. The zero-order chi connectivity index (χ0) is 23.3. The van der Waals surface area contributed by atoms with E-state index in [0.717, 1.165) is 6.26 Å². The van der Waals surface area contributed by atoms with Crippen molar-refractivity contribution in [3.05, 3.63) is 65.7 Å². The summed E-state index contributed by atoms with van der Waals surface area (Å²) in [5, 5.41) is 2.72. The quantitative estimate of drug-likeness (QED) is 0.505. The van der Waals surface area contributed by atoms with E-state index >= 15 is 0 Å². The fraction of sp³-hybridized carbons (Fsp3) is 0.348. The normalized spacial score (nSPS) is 16.2. The number of anilines is 1. The van der Waals surface area contributed by atoms with Gasteiger partial charge in [0.25, 0.3) is 5.91 Å². The SMILES string of the molecule is CC(=O)c1cccc(NC(=O)C(OC(=O)C2CCN(S(C)(=O)=O)CC2)c2ccccc2)c1. The molecule has 0 spiro atoms. The van der Waals surface area contributed by atoms with E-state index in [1.54, 1.807) is 54.6 Å². The Balaban J connectivity index is 1.74. The van der Waals surface area contributed by atoms with Gasteiger partial charge in [-0.2, -0.15) is 0 Å². The number of hydrogen-bond donors (Lipinski definition) is 1. The first-order valence-corrected chi connectivity index (χ1v) is 12.1. The molecule has 0 aromatic heterocycles. The van der Waals surface area contributed by atoms with Gasteiger partial charge < -0.3 is 10.1 Å². The van der Waals surface area contributed by atoms with Crippen LogP contribution in [0.1, 0.15) is 41.8 Å². The number of amides is 1. The minimum atomic E-state index is -3.31. The molecule has 1 N–H and O–H groups in total. The van der Waals surface area contributed by atoms with Gasteiger partial charge in [-0.3, -0.25) is 14.4 Å². The van der Waals surface area contributed by atoms with E-state index in [2.05, 4.69) is 5.32 Å². The minimum Gasteiger partial charge on any atom is -0.447 e. The molecule has 0 radical (unpaired) electrons. The Hall–Kier alpha value is -3.04. The number of hydrogen-bond acceptors (Lipinski definition) is 6. The molecule has 1 aliphatic rings. The number of ether oxygens (including phenoxy) is 1. The third kappa shape index (κ3) is 6.02. The van der Waals surface area contributed by atoms with Crippen LogP contribution in [0.4, 0.5) is 5.69 Å². The average Bonchev–Trinajstić information content (AvgIpc) is 2.77. The molecule has 0 saturated carbocycles. The van der Waals surface area contributed by atoms with Gasteiger partial charge in [0.1, 0.15) is 0 Å². The van der Waals surface area contributed by atoms with E-state index in [9.17, 15) is 22.8 Å². The Labute approximate surface area is 187 Å². The molecule has 1 heterocycles. The number of carbonyl (C=O) groups excluding carboxylic acids is 3. The van der Waals surface area contributed by atoms with Crippen molar-refractivity contribution in [3.8, 4) is 0 Å². The highest BCUT2D eigenvalue weighted by Gasteiger charge is 2.33. The van der Waals surface area contributed by atoms with Gasteiger partial charge in [-0.05, 0) is 31.9 Å². The van der Waals surface area contributed by atoms with Crippen molar-refractivity contribution < 1.29 is 27.5 Å². The Kier molecular flexibility index (Phi) is 7.42. The van der Waals surface area contributed by atoms with Crippen LogP contribution in [0.15, 0.2) is 54.6 Å². The molecular weight excluding hydrogens is 432 g/mol. The Morgan fingerprint density at radius 1 is 1.03 bits per heavy atom. The van der Waals surface area contributed by atoms with Gasteiger partial charge in [0, 0.05) is 29.9 Å². The maximum Gasteiger partial charge on any atom is 0.310 e. The number of Topliss-reactive ketones (excluding diaryl/α,β-unsaturated/α-hetero) is 1. The van der Waals surface area contributed by atoms with Crippen molar-refractivity contribution in [2.24, 2.45) is 5.92 Å². The standard InChI is InChI=1S/C23H26N2O6S/c1-16(26)19-9-6-10-20(15-19)24-22(27)21(17-7-4-3-5-8-17)31-23(28)18-11-13-25(14-12-18)32(2,29)30/h3-10,15,18,21H,11-14H2,1-2H3,(H,24,27). The average molecular weight is 459 g/mol. The van der Waals surface area contributed by atoms with E-state index in [4.69, 9.17) is 4.74 Å². The van der Waals surface area contributed by atoms with Crippen LogP contribution in [0.5, 0.6) is 0 Å². The minimum absolute atomic E-state index is 0.132. The highest BCUT2D eigenvalue weighted by atomic mass is 32.2. The molecule has 8 nitrogen and oxygen atoms in total. The van der Waals surface area contributed by atoms with Crippen LogP contribution in [-0.4, -0.2) is 49.7 Å². The van der Waals surface area contributed by atoms with Crippen molar-refractivity contribution in [2.75, 3.05) is 24.7 Å². The number of sulfonamides is 1. The van der Waals surface area contributed by atoms with Gasteiger partial charge in [0.15, 0.2) is 5.78 Å². The maximum absolute atomic E-state index is 13.0. The lowest BCUT2D eigenvalue weighted by molar-refractivity contribution is -0.160. The molecular formula is C23H26N2O6S. The molecule has 1 atom stereocenters. The molecule has 2 aromatic rings. The lowest BCUT2D eigenvalue weighted by Crippen LogP contribution is -2.40. The molecule has 1 unspecified atom stereocenters. The summed E-state index contributed by atoms with van der Waals surface area (Å²) < 4.78 is 30.3. The predicted molar refractivity (Wildman–Crippen MR) is 119 cm³/mol. The summed E-state index contributed by atoms with van der Waals surface area (Å²) in [4.78, 5) is 37.5. The lowest BCUT2D eigenvalue weighted by Gasteiger charge is -2.30. The number of rotatable bonds is 7. The van der Waals surface area contributed by atoms with Crippen molar-refractivity contribution in [1.29, 1.82) is 0 Å². The molecule has 32 heavy (non-hydrogen) atoms. The molecule has 3 rings (SSSR count). The summed E-state index contributed by atoms with van der Waals surface area (Å²) >= 11 is 0. The Morgan fingerprint density at radius 2 is 1.69 bits per heavy atom. The molecule has 1 amide bonds. The number of ketones is 1. The van der Waals surface area contributed by atoms with Crippen molar-refractivity contribution in [1.82, 2.24) is 4.31 Å². The smallest absolute Gasteiger partial charge is 0.310 e. The highest BCUT2D eigenvalue weighted by molar-refractivity contribution is 7.88. The van der Waals surface area contributed by atoms with Crippen LogP contribution in [0.25, 0.3) is 0 Å². The number of nitrogens with one attached hydrogen (secondary N) is 1. The third-order valence-electron chi connectivity index (χ3n) is 5.37. The second-order valence-electron chi connectivity index (χ2n) is 7.79. The maximum atomic E-state index is 13.0. The van der Waals surface area contributed by atoms with Gasteiger partial charge in [-0.25, -0.2) is 12.7 Å². The van der Waals surface area contributed by atoms with Crippen LogP contribution >= 0.6 is 0 Å². The first-order chi connectivity index (χ1) is 15.1. The van der Waals surface area contributed by atoms with Gasteiger partial charge in [-0.15, -0.1) is 0 Å². The van der Waals surface area contributed by atoms with Crippen molar-refractivity contribution in [3.63, 3.8) is 0 Å². The van der Waals surface area contributed by atoms with Gasteiger partial charge in [0.05, 0.1) is 12.2 Å². The van der Waals surface area contributed by atoms with Crippen LogP contribution < -0.4 is 5.32 Å². The molecule has 170 valence electrons. The molecule has 9 heteroatoms. The second kappa shape index (κ2) is 10.1. The number of piperidine rings is 1. The van der Waals surface area contributed by atoms with E-state index in [1.807, 2.05) is 0 Å². The van der Waals surface area contributed by atoms with Gasteiger partial charge in [-0.1, -0.05) is 42.5 Å². The molecule has 2 aromatic carbocycles. The molecule has 1 saturated heterocycles. The fourth-order valence-electron chi connectivity index (χ4n) is 3.56. The van der Waals surface area contributed by atoms with Crippen molar-refractivity contribution in [2.45, 2.75) is 25.9 Å². The number of carbonyl (C=O) groups is 3. The number of esters is 1. The van der Waals surface area contributed by atoms with Crippen molar-refractivity contribution >= 4 is 33.4 Å². The van der Waals surface area contributed by atoms with Crippen LogP contribution in [0.2, 0.25) is 0 Å². The van der Waals surface area contributed by atoms with E-state index in [0.29, 0.717) is 29.7 Å². The predicted octanol–water partition coefficient (Wildman–Crippen LogP) is 2.78. The lowest BCUT2D eigenvalue weighted by atomic mass is 9.98. The monoisotopic (exact) mass is 458 g/mol. The van der Waals surface area contributed by atoms with Gasteiger partial charge >= 0.3 is 5.97 Å². The summed E-state index contributed by atoms with van der Waals surface area (Å²) in [6.07, 6.45) is 0.617. The zero-order valence-electron chi connectivity index (χ0n) is 18.0. The topological polar surface area (TPSA) is 110 Å². The van der Waals surface area contributed by atoms with Gasteiger partial charge in [0.2, 0.25) is 16.1 Å². The van der Waals surface area contributed by atoms with E-state index in [1.165, 1.54) is 11.2 Å². The Morgan fingerprint density at radius 3 is 2.28 bits per heavy atom. The van der Waals surface area contributed by atoms with Crippen LogP contribution in [-0.2, 0) is 24.3 Å². The number of benzene rings is 2. The Bertz CT molecular complexity index is 1090. The number of nitrogens with zero attached hydrogens (tertiary/aromatic N) is 1. The highest BCUT2D eigenvalue weighted by Crippen LogP contribution is 2.26. The molecule has 1 fully saturated rings. The summed E-state index contributed by atoms with van der Waals surface area (Å²) in [5.41, 5.74) is 1.38.